The highest BCUT2D eigenvalue weighted by Gasteiger charge is 2.48. The predicted octanol–water partition coefficient (Wildman–Crippen LogP) is 3.16. The Morgan fingerprint density at radius 2 is 2.15 bits per heavy atom. The molecule has 1 unspecified atom stereocenters. The summed E-state index contributed by atoms with van der Waals surface area (Å²) in [6, 6.07) is 6.36. The van der Waals surface area contributed by atoms with E-state index in [9.17, 15) is 4.79 Å². The average Bonchev–Trinajstić information content (AvgIpc) is 3.23. The fourth-order valence-corrected chi connectivity index (χ4v) is 5.25. The summed E-state index contributed by atoms with van der Waals surface area (Å²) in [6.07, 6.45) is 9.51. The molecule has 0 fully saturated rings. The third kappa shape index (κ3) is 2.49. The number of amides is 1. The number of nitrogens with zero attached hydrogens (tertiary/aromatic N) is 2. The van der Waals surface area contributed by atoms with E-state index >= 15 is 0 Å². The molecular formula is C21H26N4O. The second-order valence-corrected chi connectivity index (χ2v) is 8.09. The van der Waals surface area contributed by atoms with Crippen molar-refractivity contribution in [2.24, 2.45) is 0 Å². The van der Waals surface area contributed by atoms with Crippen LogP contribution in [0, 0.1) is 0 Å². The van der Waals surface area contributed by atoms with Crippen LogP contribution >= 0.6 is 0 Å². The van der Waals surface area contributed by atoms with Crippen LogP contribution in [0.25, 0.3) is 0 Å². The van der Waals surface area contributed by atoms with E-state index in [1.54, 1.807) is 0 Å². The van der Waals surface area contributed by atoms with Gasteiger partial charge in [-0.1, -0.05) is 18.6 Å². The van der Waals surface area contributed by atoms with Gasteiger partial charge in [-0.05, 0) is 55.8 Å². The number of rotatable bonds is 5. The predicted molar refractivity (Wildman–Crippen MR) is 101 cm³/mol. The number of aromatic amines is 1. The molecule has 1 atom stereocenters. The highest BCUT2D eigenvalue weighted by atomic mass is 16.2. The molecule has 0 spiro atoms. The Morgan fingerprint density at radius 1 is 1.19 bits per heavy atom. The van der Waals surface area contributed by atoms with Crippen LogP contribution < -0.4 is 5.32 Å². The minimum absolute atomic E-state index is 0.237. The SMILES string of the molecule is O=C1Nc2cccc3c2C1(CCCCN1CCc2[nH]ncc2C1)CCC3. The van der Waals surface area contributed by atoms with Crippen LogP contribution in [-0.2, 0) is 29.6 Å². The van der Waals surface area contributed by atoms with Gasteiger partial charge in [-0.25, -0.2) is 0 Å². The van der Waals surface area contributed by atoms with Crippen molar-refractivity contribution in [3.63, 3.8) is 0 Å². The van der Waals surface area contributed by atoms with Gasteiger partial charge in [0.05, 0.1) is 11.6 Å². The minimum atomic E-state index is -0.260. The van der Waals surface area contributed by atoms with E-state index in [-0.39, 0.29) is 11.3 Å². The molecule has 3 heterocycles. The number of fused-ring (bicyclic) bond motifs is 1. The fourth-order valence-electron chi connectivity index (χ4n) is 5.25. The number of unbranched alkanes of at least 4 members (excludes halogenated alkanes) is 1. The molecule has 1 aromatic carbocycles. The zero-order valence-electron chi connectivity index (χ0n) is 15.2. The van der Waals surface area contributed by atoms with Crippen molar-refractivity contribution < 1.29 is 4.79 Å². The Hall–Kier alpha value is -2.14. The maximum Gasteiger partial charge on any atom is 0.235 e. The lowest BCUT2D eigenvalue weighted by atomic mass is 9.68. The molecule has 2 N–H and O–H groups in total. The molecule has 2 aromatic rings. The summed E-state index contributed by atoms with van der Waals surface area (Å²) in [5.41, 5.74) is 6.15. The number of aryl methyl sites for hydroxylation is 1. The first-order valence-electron chi connectivity index (χ1n) is 9.94. The summed E-state index contributed by atoms with van der Waals surface area (Å²) in [5, 5.41) is 10.4. The Kier molecular flexibility index (Phi) is 3.85. The quantitative estimate of drug-likeness (QED) is 0.814. The molecule has 1 aliphatic carbocycles. The highest BCUT2D eigenvalue weighted by molar-refractivity contribution is 6.07. The first-order chi connectivity index (χ1) is 12.8. The number of nitrogens with one attached hydrogen (secondary N) is 2. The monoisotopic (exact) mass is 350 g/mol. The van der Waals surface area contributed by atoms with Gasteiger partial charge in [-0.15, -0.1) is 0 Å². The van der Waals surface area contributed by atoms with E-state index < -0.39 is 0 Å². The topological polar surface area (TPSA) is 61.0 Å². The van der Waals surface area contributed by atoms with Gasteiger partial charge < -0.3 is 5.32 Å². The van der Waals surface area contributed by atoms with Crippen molar-refractivity contribution in [2.75, 3.05) is 18.4 Å². The number of aromatic nitrogens is 2. The second-order valence-electron chi connectivity index (χ2n) is 8.09. The molecule has 3 aliphatic rings. The third-order valence-electron chi connectivity index (χ3n) is 6.57. The Morgan fingerprint density at radius 3 is 3.12 bits per heavy atom. The van der Waals surface area contributed by atoms with E-state index in [0.717, 1.165) is 70.3 Å². The van der Waals surface area contributed by atoms with Gasteiger partial charge in [-0.3, -0.25) is 14.8 Å². The smallest absolute Gasteiger partial charge is 0.235 e. The van der Waals surface area contributed by atoms with Gasteiger partial charge in [0.2, 0.25) is 5.91 Å². The standard InChI is InChI=1S/C21H26N4O/c26-20-21(10-4-6-15-5-3-7-18(23-20)19(15)21)9-1-2-11-25-12-8-17-16(14-25)13-22-24-17/h3,5,7,13H,1-2,4,6,8-12,14H2,(H,22,24)(H,23,26). The van der Waals surface area contributed by atoms with Crippen molar-refractivity contribution >= 4 is 11.6 Å². The molecule has 1 aromatic heterocycles. The molecule has 5 heteroatoms. The Balaban J connectivity index is 1.23. The van der Waals surface area contributed by atoms with Crippen molar-refractivity contribution in [1.29, 1.82) is 0 Å². The molecule has 0 radical (unpaired) electrons. The molecule has 0 saturated heterocycles. The van der Waals surface area contributed by atoms with Crippen LogP contribution in [0.1, 0.15) is 54.5 Å². The van der Waals surface area contributed by atoms with Gasteiger partial charge in [0, 0.05) is 36.5 Å². The minimum Gasteiger partial charge on any atom is -0.325 e. The molecular weight excluding hydrogens is 324 g/mol. The van der Waals surface area contributed by atoms with Crippen molar-refractivity contribution in [3.8, 4) is 0 Å². The van der Waals surface area contributed by atoms with E-state index in [1.807, 2.05) is 6.20 Å². The van der Waals surface area contributed by atoms with E-state index in [0.29, 0.717) is 0 Å². The van der Waals surface area contributed by atoms with Crippen LogP contribution in [0.15, 0.2) is 24.4 Å². The first-order valence-corrected chi connectivity index (χ1v) is 9.94. The largest absolute Gasteiger partial charge is 0.325 e. The first kappa shape index (κ1) is 16.1. The molecule has 1 amide bonds. The zero-order valence-corrected chi connectivity index (χ0v) is 15.2. The lowest BCUT2D eigenvalue weighted by molar-refractivity contribution is -0.121. The van der Waals surface area contributed by atoms with E-state index in [1.165, 1.54) is 22.4 Å². The summed E-state index contributed by atoms with van der Waals surface area (Å²) >= 11 is 0. The number of carbonyl (C=O) groups is 1. The molecule has 136 valence electrons. The van der Waals surface area contributed by atoms with Crippen molar-refractivity contribution in [1.82, 2.24) is 15.1 Å². The van der Waals surface area contributed by atoms with Crippen LogP contribution in [0.3, 0.4) is 0 Å². The van der Waals surface area contributed by atoms with Crippen LogP contribution in [0.5, 0.6) is 0 Å². The number of benzene rings is 1. The molecule has 26 heavy (non-hydrogen) atoms. The summed E-state index contributed by atoms with van der Waals surface area (Å²) in [4.78, 5) is 15.4. The number of hydrogen-bond donors (Lipinski definition) is 2. The third-order valence-corrected chi connectivity index (χ3v) is 6.57. The van der Waals surface area contributed by atoms with Gasteiger partial charge >= 0.3 is 0 Å². The van der Waals surface area contributed by atoms with E-state index in [4.69, 9.17) is 0 Å². The average molecular weight is 350 g/mol. The van der Waals surface area contributed by atoms with E-state index in [2.05, 4.69) is 38.6 Å². The zero-order chi connectivity index (χ0) is 17.6. The van der Waals surface area contributed by atoms with Gasteiger partial charge in [-0.2, -0.15) is 5.10 Å². The number of hydrogen-bond acceptors (Lipinski definition) is 3. The summed E-state index contributed by atoms with van der Waals surface area (Å²) in [7, 11) is 0. The lowest BCUT2D eigenvalue weighted by Gasteiger charge is -2.33. The Bertz CT molecular complexity index is 842. The Labute approximate surface area is 154 Å². The molecule has 5 nitrogen and oxygen atoms in total. The maximum atomic E-state index is 12.8. The van der Waals surface area contributed by atoms with Crippen molar-refractivity contribution in [2.45, 2.75) is 56.9 Å². The molecule has 0 saturated carbocycles. The second kappa shape index (κ2) is 6.23. The molecule has 5 rings (SSSR count). The van der Waals surface area contributed by atoms with Crippen LogP contribution in [-0.4, -0.2) is 34.1 Å². The molecule has 0 bridgehead atoms. The van der Waals surface area contributed by atoms with Crippen molar-refractivity contribution in [3.05, 3.63) is 46.8 Å². The normalized spacial score (nSPS) is 24.2. The van der Waals surface area contributed by atoms with Gasteiger partial charge in [0.25, 0.3) is 0 Å². The molecule has 2 aliphatic heterocycles. The van der Waals surface area contributed by atoms with Gasteiger partial charge in [0.1, 0.15) is 0 Å². The van der Waals surface area contributed by atoms with Gasteiger partial charge in [0.15, 0.2) is 0 Å². The lowest BCUT2D eigenvalue weighted by Crippen LogP contribution is -2.37. The highest BCUT2D eigenvalue weighted by Crippen LogP contribution is 2.49. The fraction of sp³-hybridized carbons (Fsp3) is 0.524. The van der Waals surface area contributed by atoms with Crippen LogP contribution in [0.2, 0.25) is 0 Å². The van der Waals surface area contributed by atoms with Crippen LogP contribution in [0.4, 0.5) is 5.69 Å². The summed E-state index contributed by atoms with van der Waals surface area (Å²) in [6.45, 7) is 3.22. The number of H-pyrrole nitrogens is 1. The summed E-state index contributed by atoms with van der Waals surface area (Å²) in [5.74, 6) is 0.237. The maximum absolute atomic E-state index is 12.8. The number of carbonyl (C=O) groups excluding carboxylic acids is 1. The number of anilines is 1. The summed E-state index contributed by atoms with van der Waals surface area (Å²) < 4.78 is 0.